The molecule has 8 heteroatoms. The highest BCUT2D eigenvalue weighted by molar-refractivity contribution is 5.94. The molecule has 1 aromatic rings. The van der Waals surface area contributed by atoms with Gasteiger partial charge in [0.2, 0.25) is 5.91 Å². The average molecular weight is 384 g/mol. The predicted molar refractivity (Wildman–Crippen MR) is 92.0 cm³/mol. The van der Waals surface area contributed by atoms with Crippen LogP contribution in [0.5, 0.6) is 0 Å². The lowest BCUT2D eigenvalue weighted by atomic mass is 9.71. The van der Waals surface area contributed by atoms with Gasteiger partial charge in [0.15, 0.2) is 0 Å². The largest absolute Gasteiger partial charge is 0.416 e. The minimum absolute atomic E-state index is 0.0168. The maximum atomic E-state index is 12.8. The summed E-state index contributed by atoms with van der Waals surface area (Å²) >= 11 is 0. The van der Waals surface area contributed by atoms with Crippen LogP contribution in [0.25, 0.3) is 0 Å². The number of fused-ring (bicyclic) bond motifs is 1. The number of halogens is 3. The number of ether oxygens (including phenoxy) is 1. The zero-order chi connectivity index (χ0) is 19.6. The topological polar surface area (TPSA) is 67.4 Å². The molecule has 1 aliphatic carbocycles. The van der Waals surface area contributed by atoms with E-state index in [0.717, 1.165) is 25.0 Å². The summed E-state index contributed by atoms with van der Waals surface area (Å²) in [6, 6.07) is 4.16. The normalized spacial score (nSPS) is 28.2. The van der Waals surface area contributed by atoms with Gasteiger partial charge in [0.25, 0.3) is 5.91 Å². The number of methoxy groups -OCH3 is 1. The number of amides is 2. The van der Waals surface area contributed by atoms with Crippen molar-refractivity contribution >= 4 is 11.8 Å². The highest BCUT2D eigenvalue weighted by Crippen LogP contribution is 2.36. The molecule has 1 aromatic carbocycles. The van der Waals surface area contributed by atoms with E-state index in [4.69, 9.17) is 4.74 Å². The molecule has 1 aliphatic heterocycles. The van der Waals surface area contributed by atoms with Gasteiger partial charge < -0.3 is 15.4 Å². The fraction of sp³-hybridized carbons (Fsp3) is 0.579. The molecule has 0 aromatic heterocycles. The van der Waals surface area contributed by atoms with Crippen LogP contribution in [0.3, 0.4) is 0 Å². The average Bonchev–Trinajstić information content (AvgIpc) is 2.61. The Morgan fingerprint density at radius 1 is 1.33 bits per heavy atom. The molecule has 148 valence electrons. The fourth-order valence-corrected chi connectivity index (χ4v) is 4.21. The second-order valence-electron chi connectivity index (χ2n) is 7.32. The van der Waals surface area contributed by atoms with Gasteiger partial charge in [-0.15, -0.1) is 0 Å². The molecule has 1 heterocycles. The third-order valence-corrected chi connectivity index (χ3v) is 5.47. The molecular formula is C19H23F3N2O3. The summed E-state index contributed by atoms with van der Waals surface area (Å²) in [6.45, 7) is 0.524. The molecule has 1 saturated heterocycles. The molecule has 2 aliphatic rings. The molecule has 0 spiro atoms. The van der Waals surface area contributed by atoms with Crippen molar-refractivity contribution in [3.05, 3.63) is 35.4 Å². The Balaban J connectivity index is 1.64. The molecule has 2 fully saturated rings. The number of carbonyl (C=O) groups is 2. The van der Waals surface area contributed by atoms with E-state index in [-0.39, 0.29) is 29.5 Å². The van der Waals surface area contributed by atoms with E-state index in [2.05, 4.69) is 10.6 Å². The number of hydrogen-bond donors (Lipinski definition) is 2. The fourth-order valence-electron chi connectivity index (χ4n) is 4.21. The number of carbonyl (C=O) groups excluding carboxylic acids is 2. The molecule has 4 unspecified atom stereocenters. The molecule has 0 bridgehead atoms. The lowest BCUT2D eigenvalue weighted by Gasteiger charge is -2.43. The van der Waals surface area contributed by atoms with E-state index >= 15 is 0 Å². The SMILES string of the molecule is COCC1CC(=O)NC2CC(NC(=O)c3cccc(C(F)(F)F)c3)CCC12. The summed E-state index contributed by atoms with van der Waals surface area (Å²) in [5, 5.41) is 5.80. The van der Waals surface area contributed by atoms with Crippen molar-refractivity contribution in [3.8, 4) is 0 Å². The Morgan fingerprint density at radius 3 is 2.81 bits per heavy atom. The number of piperidine rings is 1. The van der Waals surface area contributed by atoms with Crippen molar-refractivity contribution in [1.29, 1.82) is 0 Å². The molecule has 27 heavy (non-hydrogen) atoms. The zero-order valence-electron chi connectivity index (χ0n) is 15.0. The molecule has 1 saturated carbocycles. The van der Waals surface area contributed by atoms with Gasteiger partial charge >= 0.3 is 6.18 Å². The second-order valence-corrected chi connectivity index (χ2v) is 7.32. The first-order valence-electron chi connectivity index (χ1n) is 9.04. The van der Waals surface area contributed by atoms with E-state index in [1.807, 2.05) is 0 Å². The van der Waals surface area contributed by atoms with Crippen LogP contribution in [-0.4, -0.2) is 37.6 Å². The maximum Gasteiger partial charge on any atom is 0.416 e. The highest BCUT2D eigenvalue weighted by Gasteiger charge is 2.41. The monoisotopic (exact) mass is 384 g/mol. The van der Waals surface area contributed by atoms with E-state index in [1.54, 1.807) is 7.11 Å². The van der Waals surface area contributed by atoms with Crippen LogP contribution in [0.4, 0.5) is 13.2 Å². The molecule has 0 radical (unpaired) electrons. The van der Waals surface area contributed by atoms with Crippen LogP contribution in [0.2, 0.25) is 0 Å². The van der Waals surface area contributed by atoms with Gasteiger partial charge in [-0.3, -0.25) is 9.59 Å². The number of rotatable bonds is 4. The molecule has 2 N–H and O–H groups in total. The number of benzene rings is 1. The minimum Gasteiger partial charge on any atom is -0.384 e. The second kappa shape index (κ2) is 7.88. The van der Waals surface area contributed by atoms with Gasteiger partial charge in [-0.05, 0) is 49.3 Å². The molecular weight excluding hydrogens is 361 g/mol. The summed E-state index contributed by atoms with van der Waals surface area (Å²) in [7, 11) is 1.61. The van der Waals surface area contributed by atoms with Gasteiger partial charge in [-0.2, -0.15) is 13.2 Å². The Labute approximate surface area is 155 Å². The summed E-state index contributed by atoms with van der Waals surface area (Å²) in [6.07, 6.45) is -1.93. The van der Waals surface area contributed by atoms with E-state index in [1.165, 1.54) is 12.1 Å². The quantitative estimate of drug-likeness (QED) is 0.839. The molecule has 3 rings (SSSR count). The van der Waals surface area contributed by atoms with Gasteiger partial charge in [-0.25, -0.2) is 0 Å². The van der Waals surface area contributed by atoms with Crippen molar-refractivity contribution in [1.82, 2.24) is 10.6 Å². The van der Waals surface area contributed by atoms with Crippen molar-refractivity contribution in [2.24, 2.45) is 11.8 Å². The first-order chi connectivity index (χ1) is 12.8. The van der Waals surface area contributed by atoms with Crippen molar-refractivity contribution in [3.63, 3.8) is 0 Å². The number of hydrogen-bond acceptors (Lipinski definition) is 3. The Morgan fingerprint density at radius 2 is 2.11 bits per heavy atom. The summed E-state index contributed by atoms with van der Waals surface area (Å²) in [5.74, 6) is -0.0958. The van der Waals surface area contributed by atoms with Crippen LogP contribution in [0, 0.1) is 11.8 Å². The zero-order valence-corrected chi connectivity index (χ0v) is 15.0. The Hall–Kier alpha value is -2.09. The summed E-state index contributed by atoms with van der Waals surface area (Å²) < 4.78 is 43.7. The van der Waals surface area contributed by atoms with Crippen LogP contribution < -0.4 is 10.6 Å². The van der Waals surface area contributed by atoms with Crippen LogP contribution in [0.15, 0.2) is 24.3 Å². The Bertz CT molecular complexity index is 708. The van der Waals surface area contributed by atoms with Crippen LogP contribution >= 0.6 is 0 Å². The van der Waals surface area contributed by atoms with Crippen LogP contribution in [0.1, 0.15) is 41.6 Å². The van der Waals surface area contributed by atoms with E-state index in [0.29, 0.717) is 25.4 Å². The van der Waals surface area contributed by atoms with Crippen molar-refractivity contribution in [2.75, 3.05) is 13.7 Å². The van der Waals surface area contributed by atoms with Crippen molar-refractivity contribution < 1.29 is 27.5 Å². The molecule has 4 atom stereocenters. The molecule has 5 nitrogen and oxygen atoms in total. The Kier molecular flexibility index (Phi) is 5.74. The predicted octanol–water partition coefficient (Wildman–Crippen LogP) is 2.76. The highest BCUT2D eigenvalue weighted by atomic mass is 19.4. The third-order valence-electron chi connectivity index (χ3n) is 5.47. The van der Waals surface area contributed by atoms with Crippen LogP contribution in [-0.2, 0) is 15.7 Å². The standard InChI is InChI=1S/C19H23F3N2O3/c1-27-10-12-8-17(25)24-16-9-14(5-6-15(12)16)23-18(26)11-3-2-4-13(7-11)19(20,21)22/h2-4,7,12,14-16H,5-6,8-10H2,1H3,(H,23,26)(H,24,25). The number of alkyl halides is 3. The van der Waals surface area contributed by atoms with Gasteiger partial charge in [-0.1, -0.05) is 6.07 Å². The lowest BCUT2D eigenvalue weighted by Crippen LogP contribution is -2.56. The van der Waals surface area contributed by atoms with Gasteiger partial charge in [0, 0.05) is 37.8 Å². The summed E-state index contributed by atoms with van der Waals surface area (Å²) in [5.41, 5.74) is -0.863. The van der Waals surface area contributed by atoms with Crippen molar-refractivity contribution in [2.45, 2.75) is 43.9 Å². The first kappa shape index (κ1) is 19.7. The summed E-state index contributed by atoms with van der Waals surface area (Å²) in [4.78, 5) is 24.3. The number of nitrogens with one attached hydrogen (secondary N) is 2. The minimum atomic E-state index is -4.49. The smallest absolute Gasteiger partial charge is 0.384 e. The third kappa shape index (κ3) is 4.61. The van der Waals surface area contributed by atoms with Gasteiger partial charge in [0.1, 0.15) is 0 Å². The van der Waals surface area contributed by atoms with Gasteiger partial charge in [0.05, 0.1) is 5.56 Å². The van der Waals surface area contributed by atoms with E-state index < -0.39 is 17.6 Å². The van der Waals surface area contributed by atoms with E-state index in [9.17, 15) is 22.8 Å². The lowest BCUT2D eigenvalue weighted by molar-refractivity contribution is -0.137. The maximum absolute atomic E-state index is 12.8. The first-order valence-corrected chi connectivity index (χ1v) is 9.04. The molecule has 2 amide bonds.